The van der Waals surface area contributed by atoms with Crippen molar-refractivity contribution in [1.29, 1.82) is 0 Å². The van der Waals surface area contributed by atoms with Gasteiger partial charge in [0, 0.05) is 21.7 Å². The number of aldehydes is 1. The molecule has 25 heavy (non-hydrogen) atoms. The van der Waals surface area contributed by atoms with Gasteiger partial charge in [-0.15, -0.1) is 0 Å². The highest BCUT2D eigenvalue weighted by Crippen LogP contribution is 2.39. The van der Waals surface area contributed by atoms with E-state index in [1.165, 1.54) is 18.3 Å². The molecule has 0 aliphatic rings. The molecule has 0 amide bonds. The molecule has 2 rings (SSSR count). The van der Waals surface area contributed by atoms with Crippen LogP contribution in [0, 0.1) is 9.39 Å². The molecule has 0 bridgehead atoms. The number of nitrogens with zero attached hydrogens (tertiary/aromatic N) is 1. The van der Waals surface area contributed by atoms with Gasteiger partial charge in [0.25, 0.3) is 0 Å². The van der Waals surface area contributed by atoms with Gasteiger partial charge in [0.15, 0.2) is 20.0 Å². The summed E-state index contributed by atoms with van der Waals surface area (Å²) in [5.41, 5.74) is 0.196. The predicted octanol–water partition coefficient (Wildman–Crippen LogP) is 4.32. The summed E-state index contributed by atoms with van der Waals surface area (Å²) in [7, 11) is -2.30. The molecular formula is C18H23FINO3Si. The van der Waals surface area contributed by atoms with Gasteiger partial charge >= 0.3 is 0 Å². The second kappa shape index (κ2) is 7.28. The van der Waals surface area contributed by atoms with Gasteiger partial charge in [0.2, 0.25) is 0 Å². The summed E-state index contributed by atoms with van der Waals surface area (Å²) in [6.45, 7) is 8.50. The lowest BCUT2D eigenvalue weighted by Gasteiger charge is -2.35. The molecule has 0 saturated carbocycles. The van der Waals surface area contributed by atoms with Crippen LogP contribution < -0.4 is 5.43 Å². The van der Waals surface area contributed by atoms with E-state index >= 15 is 0 Å². The van der Waals surface area contributed by atoms with Crippen molar-refractivity contribution in [3.05, 3.63) is 43.5 Å². The van der Waals surface area contributed by atoms with Crippen LogP contribution in [0.5, 0.6) is 0 Å². The molecule has 0 saturated heterocycles. The average molecular weight is 475 g/mol. The summed E-state index contributed by atoms with van der Waals surface area (Å²) in [6, 6.07) is 2.84. The van der Waals surface area contributed by atoms with Gasteiger partial charge in [-0.25, -0.2) is 4.39 Å². The Labute approximate surface area is 161 Å². The first kappa shape index (κ1) is 20.3. The third-order valence-electron chi connectivity index (χ3n) is 5.13. The Balaban J connectivity index is 2.41. The van der Waals surface area contributed by atoms with Crippen LogP contribution in [0.3, 0.4) is 0 Å². The van der Waals surface area contributed by atoms with Gasteiger partial charge < -0.3 is 9.36 Å². The molecular weight excluding hydrogens is 452 g/mol. The number of pyridine rings is 1. The second-order valence-electron chi connectivity index (χ2n) is 7.55. The van der Waals surface area contributed by atoms with E-state index in [0.29, 0.717) is 27.3 Å². The summed E-state index contributed by atoms with van der Waals surface area (Å²) in [5.74, 6) is -0.385. The fraction of sp³-hybridized carbons (Fsp3) is 0.444. The quantitative estimate of drug-likeness (QED) is 0.385. The molecule has 0 fully saturated rings. The number of hydrogen-bond acceptors (Lipinski definition) is 3. The smallest absolute Gasteiger partial charge is 0.199 e. The summed E-state index contributed by atoms with van der Waals surface area (Å²) < 4.78 is 16.1. The number of halogens is 2. The average Bonchev–Trinajstić information content (AvgIpc) is 2.50. The van der Waals surface area contributed by atoms with Gasteiger partial charge in [0.1, 0.15) is 5.82 Å². The Morgan fingerprint density at radius 2 is 2.00 bits per heavy atom. The van der Waals surface area contributed by atoms with E-state index in [1.807, 2.05) is 35.7 Å². The largest absolute Gasteiger partial charge is 0.432 e. The van der Waals surface area contributed by atoms with Crippen molar-refractivity contribution >= 4 is 48.1 Å². The Hall–Kier alpha value is -1.06. The Morgan fingerprint density at radius 3 is 2.56 bits per heavy atom. The molecule has 1 N–H and O–H groups in total. The first-order valence-corrected chi connectivity index (χ1v) is 12.2. The Morgan fingerprint density at radius 1 is 1.36 bits per heavy atom. The first-order chi connectivity index (χ1) is 11.5. The van der Waals surface area contributed by atoms with E-state index in [1.54, 1.807) is 4.57 Å². The van der Waals surface area contributed by atoms with Gasteiger partial charge in [-0.05, 0) is 65.7 Å². The molecule has 7 heteroatoms. The van der Waals surface area contributed by atoms with Crippen molar-refractivity contribution in [1.82, 2.24) is 4.57 Å². The monoisotopic (exact) mass is 475 g/mol. The van der Waals surface area contributed by atoms with Gasteiger partial charge in [-0.1, -0.05) is 13.8 Å². The summed E-state index contributed by atoms with van der Waals surface area (Å²) >= 11 is 1.84. The molecule has 0 aliphatic heterocycles. The highest BCUT2D eigenvalue weighted by molar-refractivity contribution is 14.1. The molecule has 4 nitrogen and oxygen atoms in total. The zero-order valence-corrected chi connectivity index (χ0v) is 18.1. The molecule has 0 unspecified atom stereocenters. The molecule has 0 spiro atoms. The number of benzene rings is 1. The zero-order chi connectivity index (χ0) is 19.0. The van der Waals surface area contributed by atoms with Crippen LogP contribution >= 0.6 is 22.6 Å². The minimum Gasteiger partial charge on any atom is -0.432 e. The van der Waals surface area contributed by atoms with E-state index in [-0.39, 0.29) is 21.8 Å². The summed E-state index contributed by atoms with van der Waals surface area (Å²) in [5, 5.41) is 0.196. The van der Waals surface area contributed by atoms with E-state index in [0.717, 1.165) is 12.8 Å². The third-order valence-corrected chi connectivity index (χ3v) is 9.52. The van der Waals surface area contributed by atoms with Crippen molar-refractivity contribution in [3.8, 4) is 0 Å². The van der Waals surface area contributed by atoms with Crippen LogP contribution in [0.1, 0.15) is 37.0 Å². The normalized spacial score (nSPS) is 12.6. The fourth-order valence-corrected chi connectivity index (χ4v) is 3.93. The van der Waals surface area contributed by atoms with Crippen LogP contribution in [0.4, 0.5) is 4.39 Å². The Bertz CT molecular complexity index is 871. The molecule has 1 aromatic carbocycles. The highest BCUT2D eigenvalue weighted by atomic mass is 127. The summed E-state index contributed by atoms with van der Waals surface area (Å²) in [4.78, 5) is 34.0. The maximum absolute atomic E-state index is 14.0. The topological polar surface area (TPSA) is 59.3 Å². The van der Waals surface area contributed by atoms with Gasteiger partial charge in [-0.2, -0.15) is 0 Å². The van der Waals surface area contributed by atoms with Crippen LogP contribution in [0.2, 0.25) is 18.1 Å². The van der Waals surface area contributed by atoms with Crippen LogP contribution in [-0.4, -0.2) is 24.0 Å². The first-order valence-electron chi connectivity index (χ1n) is 8.18. The number of aromatic nitrogens is 1. The molecule has 1 heterocycles. The predicted molar refractivity (Wildman–Crippen MR) is 109 cm³/mol. The number of fused-ring (bicyclic) bond motifs is 1. The zero-order valence-electron chi connectivity index (χ0n) is 14.9. The third kappa shape index (κ3) is 4.20. The van der Waals surface area contributed by atoms with E-state index < -0.39 is 8.32 Å². The molecule has 1 aromatic heterocycles. The van der Waals surface area contributed by atoms with Crippen molar-refractivity contribution in [2.24, 2.45) is 0 Å². The molecule has 0 radical (unpaired) electrons. The number of carbonyl (C=O) groups excluding carboxylic acids is 1. The van der Waals surface area contributed by atoms with Crippen molar-refractivity contribution in [2.45, 2.75) is 51.4 Å². The lowest BCUT2D eigenvalue weighted by Crippen LogP contribution is -2.39. The number of hydrogen-bond donors (Lipinski definition) is 1. The molecule has 2 aromatic rings. The fourth-order valence-electron chi connectivity index (χ4n) is 2.67. The Kier molecular flexibility index (Phi) is 5.90. The van der Waals surface area contributed by atoms with E-state index in [9.17, 15) is 18.8 Å². The number of carbonyl (C=O) groups is 1. The van der Waals surface area contributed by atoms with Crippen LogP contribution in [0.15, 0.2) is 23.1 Å². The standard InChI is InChI=1S/C18H23FINO3Si/c1-18(2,25(3,4)24)6-5-7-21-10-12(11-22)17(23)13-8-15(20)14(19)9-16(13)21/h8-11,24H,5-7H2,1-4H3. The molecule has 136 valence electrons. The number of rotatable bonds is 6. The lowest BCUT2D eigenvalue weighted by atomic mass is 10.1. The van der Waals surface area contributed by atoms with Gasteiger partial charge in [-0.3, -0.25) is 9.59 Å². The van der Waals surface area contributed by atoms with Crippen molar-refractivity contribution in [3.63, 3.8) is 0 Å². The summed E-state index contributed by atoms with van der Waals surface area (Å²) in [6.07, 6.45) is 3.61. The van der Waals surface area contributed by atoms with Crippen molar-refractivity contribution in [2.75, 3.05) is 0 Å². The minimum atomic E-state index is -2.30. The van der Waals surface area contributed by atoms with Crippen LogP contribution in [0.25, 0.3) is 10.9 Å². The van der Waals surface area contributed by atoms with E-state index in [2.05, 4.69) is 13.8 Å². The van der Waals surface area contributed by atoms with Crippen molar-refractivity contribution < 1.29 is 14.0 Å². The minimum absolute atomic E-state index is 0.0750. The van der Waals surface area contributed by atoms with E-state index in [4.69, 9.17) is 0 Å². The van der Waals surface area contributed by atoms with Gasteiger partial charge in [0.05, 0.1) is 11.1 Å². The molecule has 0 atom stereocenters. The highest BCUT2D eigenvalue weighted by Gasteiger charge is 2.37. The maximum atomic E-state index is 14.0. The lowest BCUT2D eigenvalue weighted by molar-refractivity contribution is 0.112. The SMILES string of the molecule is CC(C)(CCCn1cc(C=O)c(=O)c2cc(I)c(F)cc21)[Si](C)(C)O. The second-order valence-corrected chi connectivity index (χ2v) is 13.2. The molecule has 0 aliphatic carbocycles. The number of aryl methyl sites for hydroxylation is 1. The maximum Gasteiger partial charge on any atom is 0.199 e. The van der Waals surface area contributed by atoms with Crippen LogP contribution in [-0.2, 0) is 6.54 Å².